The molecule has 0 aromatic carbocycles. The van der Waals surface area contributed by atoms with Gasteiger partial charge < -0.3 is 14.6 Å². The monoisotopic (exact) mass is 191 g/mol. The van der Waals surface area contributed by atoms with E-state index in [9.17, 15) is 0 Å². The van der Waals surface area contributed by atoms with Crippen molar-refractivity contribution in [1.29, 1.82) is 0 Å². The Morgan fingerprint density at radius 3 is 2.08 bits per heavy atom. The summed E-state index contributed by atoms with van der Waals surface area (Å²) in [5, 5.41) is 9.10. The molecule has 0 aliphatic carbocycles. The van der Waals surface area contributed by atoms with E-state index in [0.29, 0.717) is 6.54 Å². The van der Waals surface area contributed by atoms with Crippen molar-refractivity contribution >= 4 is 0 Å². The van der Waals surface area contributed by atoms with Gasteiger partial charge in [-0.2, -0.15) is 0 Å². The fourth-order valence-corrected chi connectivity index (χ4v) is 0.837. The molecule has 0 aromatic heterocycles. The lowest BCUT2D eigenvalue weighted by Crippen LogP contribution is -2.48. The molecule has 80 valence electrons. The third kappa shape index (κ3) is 4.04. The zero-order chi connectivity index (χ0) is 10.5. The average molecular weight is 191 g/mol. The molecule has 4 nitrogen and oxygen atoms in total. The van der Waals surface area contributed by atoms with E-state index < -0.39 is 0 Å². The van der Waals surface area contributed by atoms with Crippen LogP contribution in [0.1, 0.15) is 13.8 Å². The van der Waals surface area contributed by atoms with Crippen LogP contribution in [0.15, 0.2) is 0 Å². The second kappa shape index (κ2) is 5.54. The van der Waals surface area contributed by atoms with E-state index in [1.807, 2.05) is 25.8 Å². The SMILES string of the molecule is COC(CN(C)C(C)(C)CO)OC. The molecular formula is C9H21NO3. The summed E-state index contributed by atoms with van der Waals surface area (Å²) >= 11 is 0. The highest BCUT2D eigenvalue weighted by molar-refractivity contribution is 4.78. The Bertz CT molecular complexity index is 135. The maximum absolute atomic E-state index is 9.10. The number of aliphatic hydroxyl groups excluding tert-OH is 1. The van der Waals surface area contributed by atoms with Gasteiger partial charge in [-0.25, -0.2) is 0 Å². The maximum atomic E-state index is 9.10. The first-order chi connectivity index (χ1) is 5.97. The number of methoxy groups -OCH3 is 2. The predicted octanol–water partition coefficient (Wildman–Crippen LogP) is 0.308. The lowest BCUT2D eigenvalue weighted by molar-refractivity contribution is -0.125. The standard InChI is InChI=1S/C9H21NO3/c1-9(2,7-11)10(3)6-8(12-4)13-5/h8,11H,6-7H2,1-5H3. The van der Waals surface area contributed by atoms with Crippen molar-refractivity contribution < 1.29 is 14.6 Å². The van der Waals surface area contributed by atoms with Crippen LogP contribution < -0.4 is 0 Å². The summed E-state index contributed by atoms with van der Waals surface area (Å²) in [6.45, 7) is 4.69. The highest BCUT2D eigenvalue weighted by Gasteiger charge is 2.24. The van der Waals surface area contributed by atoms with Crippen molar-refractivity contribution in [2.24, 2.45) is 0 Å². The van der Waals surface area contributed by atoms with Crippen molar-refractivity contribution in [3.05, 3.63) is 0 Å². The van der Waals surface area contributed by atoms with Crippen LogP contribution in [0.25, 0.3) is 0 Å². The largest absolute Gasteiger partial charge is 0.394 e. The van der Waals surface area contributed by atoms with E-state index in [0.717, 1.165) is 0 Å². The van der Waals surface area contributed by atoms with Gasteiger partial charge in [0.1, 0.15) is 0 Å². The third-order valence-electron chi connectivity index (χ3n) is 2.37. The van der Waals surface area contributed by atoms with Crippen molar-refractivity contribution in [2.45, 2.75) is 25.7 Å². The molecular weight excluding hydrogens is 170 g/mol. The molecule has 13 heavy (non-hydrogen) atoms. The second-order valence-electron chi connectivity index (χ2n) is 3.75. The topological polar surface area (TPSA) is 41.9 Å². The quantitative estimate of drug-likeness (QED) is 0.613. The van der Waals surface area contributed by atoms with Gasteiger partial charge in [0, 0.05) is 26.3 Å². The summed E-state index contributed by atoms with van der Waals surface area (Å²) in [5.41, 5.74) is -0.241. The van der Waals surface area contributed by atoms with Crippen molar-refractivity contribution in [2.75, 3.05) is 34.4 Å². The van der Waals surface area contributed by atoms with Gasteiger partial charge in [-0.15, -0.1) is 0 Å². The number of rotatable bonds is 6. The van der Waals surface area contributed by atoms with Crippen LogP contribution in [-0.2, 0) is 9.47 Å². The molecule has 0 rings (SSSR count). The molecule has 0 heterocycles. The van der Waals surface area contributed by atoms with Crippen LogP contribution in [-0.4, -0.2) is 56.3 Å². The number of nitrogens with zero attached hydrogens (tertiary/aromatic N) is 1. The van der Waals surface area contributed by atoms with Crippen LogP contribution in [0.3, 0.4) is 0 Å². The summed E-state index contributed by atoms with van der Waals surface area (Å²) in [4.78, 5) is 2.00. The maximum Gasteiger partial charge on any atom is 0.169 e. The molecule has 0 aliphatic rings. The summed E-state index contributed by atoms with van der Waals surface area (Å²) in [6.07, 6.45) is -0.240. The fraction of sp³-hybridized carbons (Fsp3) is 1.00. The van der Waals surface area contributed by atoms with E-state index in [1.54, 1.807) is 14.2 Å². The fourth-order valence-electron chi connectivity index (χ4n) is 0.837. The van der Waals surface area contributed by atoms with Gasteiger partial charge >= 0.3 is 0 Å². The summed E-state index contributed by atoms with van der Waals surface area (Å²) in [5.74, 6) is 0. The Hall–Kier alpha value is -0.160. The molecule has 0 fully saturated rings. The Labute approximate surface area is 80.4 Å². The normalized spacial score (nSPS) is 12.9. The van der Waals surface area contributed by atoms with Gasteiger partial charge in [0.15, 0.2) is 6.29 Å². The first-order valence-electron chi connectivity index (χ1n) is 4.35. The van der Waals surface area contributed by atoms with Crippen LogP contribution >= 0.6 is 0 Å². The highest BCUT2D eigenvalue weighted by Crippen LogP contribution is 2.11. The Kier molecular flexibility index (Phi) is 5.48. The van der Waals surface area contributed by atoms with E-state index in [4.69, 9.17) is 14.6 Å². The first-order valence-corrected chi connectivity index (χ1v) is 4.35. The molecule has 0 unspecified atom stereocenters. The van der Waals surface area contributed by atoms with Crippen LogP contribution in [0.5, 0.6) is 0 Å². The zero-order valence-electron chi connectivity index (χ0n) is 9.20. The molecule has 4 heteroatoms. The lowest BCUT2D eigenvalue weighted by Gasteiger charge is -2.35. The Morgan fingerprint density at radius 2 is 1.77 bits per heavy atom. The lowest BCUT2D eigenvalue weighted by atomic mass is 10.1. The Morgan fingerprint density at radius 1 is 1.31 bits per heavy atom. The smallest absolute Gasteiger partial charge is 0.169 e. The molecule has 0 radical (unpaired) electrons. The van der Waals surface area contributed by atoms with Crippen LogP contribution in [0, 0.1) is 0 Å². The zero-order valence-corrected chi connectivity index (χ0v) is 9.20. The minimum atomic E-state index is -0.241. The molecule has 0 saturated carbocycles. The minimum absolute atomic E-state index is 0.115. The van der Waals surface area contributed by atoms with Gasteiger partial charge in [-0.1, -0.05) is 0 Å². The van der Waals surface area contributed by atoms with E-state index in [2.05, 4.69) is 0 Å². The third-order valence-corrected chi connectivity index (χ3v) is 2.37. The molecule has 0 aromatic rings. The molecule has 0 saturated heterocycles. The number of hydrogen-bond acceptors (Lipinski definition) is 4. The molecule has 0 atom stereocenters. The number of likely N-dealkylation sites (N-methyl/N-ethyl adjacent to an activating group) is 1. The number of hydrogen-bond donors (Lipinski definition) is 1. The molecule has 0 spiro atoms. The van der Waals surface area contributed by atoms with E-state index in [-0.39, 0.29) is 18.4 Å². The van der Waals surface area contributed by atoms with Gasteiger partial charge in [0.25, 0.3) is 0 Å². The van der Waals surface area contributed by atoms with E-state index in [1.165, 1.54) is 0 Å². The predicted molar refractivity (Wildman–Crippen MR) is 51.6 cm³/mol. The van der Waals surface area contributed by atoms with Gasteiger partial charge in [0.05, 0.1) is 6.61 Å². The summed E-state index contributed by atoms with van der Waals surface area (Å²) < 4.78 is 10.1. The molecule has 0 bridgehead atoms. The average Bonchev–Trinajstić information content (AvgIpc) is 2.13. The molecule has 0 amide bonds. The summed E-state index contributed by atoms with van der Waals surface area (Å²) in [6, 6.07) is 0. The van der Waals surface area contributed by atoms with Gasteiger partial charge in [-0.3, -0.25) is 4.90 Å². The highest BCUT2D eigenvalue weighted by atomic mass is 16.7. The second-order valence-corrected chi connectivity index (χ2v) is 3.75. The number of aliphatic hydroxyl groups is 1. The van der Waals surface area contributed by atoms with Crippen molar-refractivity contribution in [1.82, 2.24) is 4.90 Å². The summed E-state index contributed by atoms with van der Waals surface area (Å²) in [7, 11) is 5.14. The van der Waals surface area contributed by atoms with Gasteiger partial charge in [0.2, 0.25) is 0 Å². The van der Waals surface area contributed by atoms with Crippen LogP contribution in [0.4, 0.5) is 0 Å². The molecule has 1 N–H and O–H groups in total. The minimum Gasteiger partial charge on any atom is -0.394 e. The van der Waals surface area contributed by atoms with Crippen molar-refractivity contribution in [3.63, 3.8) is 0 Å². The van der Waals surface area contributed by atoms with Crippen molar-refractivity contribution in [3.8, 4) is 0 Å². The first kappa shape index (κ1) is 12.8. The molecule has 0 aliphatic heterocycles. The number of ether oxygens (including phenoxy) is 2. The van der Waals surface area contributed by atoms with Crippen LogP contribution in [0.2, 0.25) is 0 Å². The van der Waals surface area contributed by atoms with E-state index >= 15 is 0 Å². The van der Waals surface area contributed by atoms with Gasteiger partial charge in [-0.05, 0) is 20.9 Å². The Balaban J connectivity index is 4.04.